The summed E-state index contributed by atoms with van der Waals surface area (Å²) in [5.74, 6) is 0.883. The van der Waals surface area contributed by atoms with Crippen molar-refractivity contribution in [1.29, 1.82) is 0 Å². The normalized spacial score (nSPS) is 12.6. The molecule has 0 radical (unpaired) electrons. The van der Waals surface area contributed by atoms with Gasteiger partial charge in [0.25, 0.3) is 0 Å². The molecule has 0 aliphatic heterocycles. The molecule has 0 bridgehead atoms. The van der Waals surface area contributed by atoms with Gasteiger partial charge in [0.05, 0.1) is 12.7 Å². The molecule has 0 aliphatic carbocycles. The molecule has 1 aromatic carbocycles. The van der Waals surface area contributed by atoms with E-state index in [1.54, 1.807) is 6.92 Å². The molecule has 2 nitrogen and oxygen atoms in total. The number of aliphatic hydroxyl groups excluding tert-OH is 1. The molecule has 78 valence electrons. The first-order valence-corrected chi connectivity index (χ1v) is 5.06. The molecule has 0 heterocycles. The van der Waals surface area contributed by atoms with Gasteiger partial charge >= 0.3 is 0 Å². The monoisotopic (exact) mass is 194 g/mol. The quantitative estimate of drug-likeness (QED) is 0.798. The molecule has 0 saturated heterocycles. The minimum Gasteiger partial charge on any atom is -0.494 e. The number of aliphatic hydroxyl groups is 1. The minimum atomic E-state index is -0.407. The van der Waals surface area contributed by atoms with Crippen LogP contribution in [0.1, 0.15) is 37.5 Å². The molecular formula is C12H18O2. The highest BCUT2D eigenvalue weighted by Crippen LogP contribution is 2.22. The van der Waals surface area contributed by atoms with E-state index in [1.165, 1.54) is 0 Å². The second kappa shape index (κ2) is 5.01. The number of benzene rings is 1. The Morgan fingerprint density at radius 2 is 2.14 bits per heavy atom. The molecule has 0 unspecified atom stereocenters. The fourth-order valence-corrected chi connectivity index (χ4v) is 1.43. The van der Waals surface area contributed by atoms with Crippen molar-refractivity contribution < 1.29 is 9.84 Å². The van der Waals surface area contributed by atoms with Crippen molar-refractivity contribution in [2.75, 3.05) is 6.61 Å². The third-order valence-corrected chi connectivity index (χ3v) is 2.16. The summed E-state index contributed by atoms with van der Waals surface area (Å²) in [5, 5.41) is 9.43. The second-order valence-electron chi connectivity index (χ2n) is 3.54. The summed E-state index contributed by atoms with van der Waals surface area (Å²) >= 11 is 0. The van der Waals surface area contributed by atoms with Gasteiger partial charge in [-0.25, -0.2) is 0 Å². The Balaban J connectivity index is 2.78. The van der Waals surface area contributed by atoms with Crippen LogP contribution < -0.4 is 4.74 Å². The summed E-state index contributed by atoms with van der Waals surface area (Å²) in [6.45, 7) is 6.58. The molecule has 0 aliphatic rings. The zero-order valence-electron chi connectivity index (χ0n) is 9.08. The first kappa shape index (κ1) is 11.1. The van der Waals surface area contributed by atoms with Crippen molar-refractivity contribution in [1.82, 2.24) is 0 Å². The fraction of sp³-hybridized carbons (Fsp3) is 0.500. The molecule has 1 rings (SSSR count). The molecule has 1 N–H and O–H groups in total. The number of rotatable bonds is 4. The van der Waals surface area contributed by atoms with Gasteiger partial charge in [-0.3, -0.25) is 0 Å². The van der Waals surface area contributed by atoms with E-state index in [9.17, 15) is 5.11 Å². The van der Waals surface area contributed by atoms with Gasteiger partial charge < -0.3 is 9.84 Å². The predicted molar refractivity (Wildman–Crippen MR) is 57.6 cm³/mol. The third-order valence-electron chi connectivity index (χ3n) is 2.16. The fourth-order valence-electron chi connectivity index (χ4n) is 1.43. The Kier molecular flexibility index (Phi) is 3.96. The van der Waals surface area contributed by atoms with Crippen LogP contribution >= 0.6 is 0 Å². The minimum absolute atomic E-state index is 0.407. The highest BCUT2D eigenvalue weighted by atomic mass is 16.5. The first-order chi connectivity index (χ1) is 6.65. The third kappa shape index (κ3) is 2.74. The van der Waals surface area contributed by atoms with Crippen molar-refractivity contribution in [3.8, 4) is 5.75 Å². The van der Waals surface area contributed by atoms with Gasteiger partial charge in [-0.15, -0.1) is 0 Å². The van der Waals surface area contributed by atoms with Crippen molar-refractivity contribution >= 4 is 0 Å². The van der Waals surface area contributed by atoms with E-state index in [-0.39, 0.29) is 0 Å². The van der Waals surface area contributed by atoms with Crippen molar-refractivity contribution in [3.63, 3.8) is 0 Å². The SMILES string of the molecule is CCCOc1ccc([C@@H](C)O)c(C)c1. The van der Waals surface area contributed by atoms with Crippen LogP contribution in [0.15, 0.2) is 18.2 Å². The predicted octanol–water partition coefficient (Wildman–Crippen LogP) is 2.84. The van der Waals surface area contributed by atoms with E-state index in [0.717, 1.165) is 29.9 Å². The van der Waals surface area contributed by atoms with Gasteiger partial charge in [0.15, 0.2) is 0 Å². The van der Waals surface area contributed by atoms with Crippen LogP contribution in [0.2, 0.25) is 0 Å². The number of hydrogen-bond acceptors (Lipinski definition) is 2. The summed E-state index contributed by atoms with van der Waals surface area (Å²) in [6, 6.07) is 5.80. The van der Waals surface area contributed by atoms with Crippen LogP contribution in [0.4, 0.5) is 0 Å². The van der Waals surface area contributed by atoms with E-state index in [4.69, 9.17) is 4.74 Å². The lowest BCUT2D eigenvalue weighted by molar-refractivity contribution is 0.198. The van der Waals surface area contributed by atoms with Crippen LogP contribution in [0.25, 0.3) is 0 Å². The van der Waals surface area contributed by atoms with Crippen LogP contribution in [0.3, 0.4) is 0 Å². The lowest BCUT2D eigenvalue weighted by Crippen LogP contribution is -1.98. The molecule has 0 fully saturated rings. The summed E-state index contributed by atoms with van der Waals surface area (Å²) < 4.78 is 5.49. The van der Waals surface area contributed by atoms with E-state index in [1.807, 2.05) is 25.1 Å². The highest BCUT2D eigenvalue weighted by Gasteiger charge is 2.05. The Labute approximate surface area is 85.5 Å². The highest BCUT2D eigenvalue weighted by molar-refractivity contribution is 5.35. The maximum atomic E-state index is 9.43. The molecule has 0 saturated carbocycles. The summed E-state index contributed by atoms with van der Waals surface area (Å²) in [4.78, 5) is 0. The topological polar surface area (TPSA) is 29.5 Å². The summed E-state index contributed by atoms with van der Waals surface area (Å²) in [6.07, 6.45) is 0.604. The number of aryl methyl sites for hydroxylation is 1. The Morgan fingerprint density at radius 1 is 1.43 bits per heavy atom. The maximum Gasteiger partial charge on any atom is 0.119 e. The maximum absolute atomic E-state index is 9.43. The standard InChI is InChI=1S/C12H18O2/c1-4-7-14-11-5-6-12(10(3)13)9(2)8-11/h5-6,8,10,13H,4,7H2,1-3H3/t10-/m1/s1. The zero-order chi connectivity index (χ0) is 10.6. The Hall–Kier alpha value is -1.02. The summed E-state index contributed by atoms with van der Waals surface area (Å²) in [5.41, 5.74) is 2.04. The van der Waals surface area contributed by atoms with Crippen molar-refractivity contribution in [2.45, 2.75) is 33.3 Å². The van der Waals surface area contributed by atoms with E-state index < -0.39 is 6.10 Å². The summed E-state index contributed by atoms with van der Waals surface area (Å²) in [7, 11) is 0. The van der Waals surface area contributed by atoms with Crippen molar-refractivity contribution in [2.24, 2.45) is 0 Å². The molecule has 14 heavy (non-hydrogen) atoms. The average molecular weight is 194 g/mol. The Morgan fingerprint density at radius 3 is 2.64 bits per heavy atom. The first-order valence-electron chi connectivity index (χ1n) is 5.06. The van der Waals surface area contributed by atoms with Gasteiger partial charge in [-0.1, -0.05) is 13.0 Å². The molecule has 0 spiro atoms. The van der Waals surface area contributed by atoms with Crippen LogP contribution in [0, 0.1) is 6.92 Å². The van der Waals surface area contributed by atoms with Crippen LogP contribution in [0.5, 0.6) is 5.75 Å². The lowest BCUT2D eigenvalue weighted by atomic mass is 10.0. The van der Waals surface area contributed by atoms with Crippen LogP contribution in [-0.2, 0) is 0 Å². The molecular weight excluding hydrogens is 176 g/mol. The Bertz CT molecular complexity index is 292. The number of hydrogen-bond donors (Lipinski definition) is 1. The lowest BCUT2D eigenvalue weighted by Gasteiger charge is -2.11. The second-order valence-corrected chi connectivity index (χ2v) is 3.54. The molecule has 0 amide bonds. The van der Waals surface area contributed by atoms with Crippen molar-refractivity contribution in [3.05, 3.63) is 29.3 Å². The van der Waals surface area contributed by atoms with Gasteiger partial charge in [0.2, 0.25) is 0 Å². The smallest absolute Gasteiger partial charge is 0.119 e. The van der Waals surface area contributed by atoms with Gasteiger partial charge in [0.1, 0.15) is 5.75 Å². The van der Waals surface area contributed by atoms with Gasteiger partial charge in [-0.2, -0.15) is 0 Å². The van der Waals surface area contributed by atoms with E-state index in [0.29, 0.717) is 0 Å². The molecule has 2 heteroatoms. The number of ether oxygens (including phenoxy) is 1. The zero-order valence-corrected chi connectivity index (χ0v) is 9.08. The van der Waals surface area contributed by atoms with E-state index in [2.05, 4.69) is 6.92 Å². The van der Waals surface area contributed by atoms with Crippen LogP contribution in [-0.4, -0.2) is 11.7 Å². The van der Waals surface area contributed by atoms with Gasteiger partial charge in [-0.05, 0) is 43.5 Å². The molecule has 1 atom stereocenters. The van der Waals surface area contributed by atoms with E-state index >= 15 is 0 Å². The largest absolute Gasteiger partial charge is 0.494 e. The molecule has 0 aromatic heterocycles. The molecule has 1 aromatic rings. The van der Waals surface area contributed by atoms with Gasteiger partial charge in [0, 0.05) is 0 Å². The average Bonchev–Trinajstić information content (AvgIpc) is 2.14.